The number of hydrogen-bond acceptors (Lipinski definition) is 4. The lowest BCUT2D eigenvalue weighted by Gasteiger charge is -2.35. The number of piperidine rings is 1. The van der Waals surface area contributed by atoms with E-state index in [-0.39, 0.29) is 5.56 Å². The number of anilines is 1. The minimum Gasteiger partial charge on any atom is -0.367 e. The van der Waals surface area contributed by atoms with Crippen LogP contribution in [0.1, 0.15) is 24.7 Å². The number of imidazole rings is 1. The van der Waals surface area contributed by atoms with Crippen LogP contribution in [0.15, 0.2) is 41.6 Å². The summed E-state index contributed by atoms with van der Waals surface area (Å²) in [7, 11) is 0. The Morgan fingerprint density at radius 2 is 2.22 bits per heavy atom. The highest BCUT2D eigenvalue weighted by molar-refractivity contribution is 5.87. The first-order valence-corrected chi connectivity index (χ1v) is 7.95. The second-order valence-corrected chi connectivity index (χ2v) is 6.04. The van der Waals surface area contributed by atoms with Crippen molar-refractivity contribution in [2.24, 2.45) is 0 Å². The van der Waals surface area contributed by atoms with Crippen LogP contribution in [0.5, 0.6) is 0 Å². The van der Waals surface area contributed by atoms with Crippen molar-refractivity contribution in [3.05, 3.63) is 53.0 Å². The first-order valence-electron chi connectivity index (χ1n) is 7.95. The number of H-pyrrole nitrogens is 1. The SMILES string of the molecule is Cc1nccn1C1CCCN(c2cc(=O)[nH]c3cccnc23)C1. The van der Waals surface area contributed by atoms with Gasteiger partial charge in [0.25, 0.3) is 5.56 Å². The molecule has 0 saturated carbocycles. The molecule has 0 aliphatic carbocycles. The van der Waals surface area contributed by atoms with E-state index >= 15 is 0 Å². The molecule has 4 heterocycles. The highest BCUT2D eigenvalue weighted by Gasteiger charge is 2.24. The third-order valence-corrected chi connectivity index (χ3v) is 4.57. The summed E-state index contributed by atoms with van der Waals surface area (Å²) in [5, 5.41) is 0. The van der Waals surface area contributed by atoms with Crippen LogP contribution in [0.25, 0.3) is 11.0 Å². The van der Waals surface area contributed by atoms with E-state index in [2.05, 4.69) is 24.4 Å². The van der Waals surface area contributed by atoms with Crippen molar-refractivity contribution in [3.8, 4) is 0 Å². The fourth-order valence-corrected chi connectivity index (χ4v) is 3.49. The van der Waals surface area contributed by atoms with Gasteiger partial charge in [-0.25, -0.2) is 4.98 Å². The largest absolute Gasteiger partial charge is 0.367 e. The number of aromatic amines is 1. The number of aromatic nitrogens is 4. The zero-order chi connectivity index (χ0) is 15.8. The number of aryl methyl sites for hydroxylation is 1. The van der Waals surface area contributed by atoms with Gasteiger partial charge in [-0.2, -0.15) is 0 Å². The standard InChI is InChI=1S/C17H19N5O/c1-12-18-7-9-22(12)13-4-3-8-21(11-13)15-10-16(23)20-14-5-2-6-19-17(14)15/h2,5-7,9-10,13H,3-4,8,11H2,1H3,(H,20,23). The summed E-state index contributed by atoms with van der Waals surface area (Å²) in [6.07, 6.45) is 7.87. The number of hydrogen-bond donors (Lipinski definition) is 1. The van der Waals surface area contributed by atoms with Crippen molar-refractivity contribution in [2.45, 2.75) is 25.8 Å². The molecule has 3 aromatic rings. The molecule has 118 valence electrons. The average molecular weight is 309 g/mol. The van der Waals surface area contributed by atoms with Crippen LogP contribution < -0.4 is 10.5 Å². The quantitative estimate of drug-likeness (QED) is 0.788. The molecule has 1 aliphatic rings. The maximum Gasteiger partial charge on any atom is 0.250 e. The highest BCUT2D eigenvalue weighted by atomic mass is 16.1. The molecule has 6 nitrogen and oxygen atoms in total. The molecule has 0 amide bonds. The van der Waals surface area contributed by atoms with E-state index in [1.165, 1.54) is 0 Å². The van der Waals surface area contributed by atoms with Crippen molar-refractivity contribution in [1.82, 2.24) is 19.5 Å². The molecule has 3 aromatic heterocycles. The molecular formula is C17H19N5O. The topological polar surface area (TPSA) is 66.8 Å². The van der Waals surface area contributed by atoms with Gasteiger partial charge in [0, 0.05) is 37.7 Å². The van der Waals surface area contributed by atoms with Gasteiger partial charge in [-0.3, -0.25) is 9.78 Å². The third kappa shape index (κ3) is 2.50. The number of pyridine rings is 2. The molecule has 1 N–H and O–H groups in total. The summed E-state index contributed by atoms with van der Waals surface area (Å²) >= 11 is 0. The second kappa shape index (κ2) is 5.53. The first kappa shape index (κ1) is 14.0. The predicted octanol–water partition coefficient (Wildman–Crippen LogP) is 2.27. The van der Waals surface area contributed by atoms with Crippen molar-refractivity contribution >= 4 is 16.7 Å². The van der Waals surface area contributed by atoms with Crippen molar-refractivity contribution in [2.75, 3.05) is 18.0 Å². The molecule has 6 heteroatoms. The lowest BCUT2D eigenvalue weighted by atomic mass is 10.0. The zero-order valence-electron chi connectivity index (χ0n) is 13.1. The Labute approximate surface area is 133 Å². The predicted molar refractivity (Wildman–Crippen MR) is 89.8 cm³/mol. The molecule has 23 heavy (non-hydrogen) atoms. The maximum atomic E-state index is 12.0. The summed E-state index contributed by atoms with van der Waals surface area (Å²) in [6.45, 7) is 3.84. The minimum absolute atomic E-state index is 0.0820. The molecule has 1 saturated heterocycles. The van der Waals surface area contributed by atoms with E-state index in [1.807, 2.05) is 31.5 Å². The van der Waals surface area contributed by atoms with Crippen LogP contribution in [0.3, 0.4) is 0 Å². The van der Waals surface area contributed by atoms with Gasteiger partial charge in [0.05, 0.1) is 17.2 Å². The van der Waals surface area contributed by atoms with Gasteiger partial charge in [0.2, 0.25) is 0 Å². The molecule has 1 atom stereocenters. The van der Waals surface area contributed by atoms with E-state index < -0.39 is 0 Å². The fraction of sp³-hybridized carbons (Fsp3) is 0.353. The Hall–Kier alpha value is -2.63. The summed E-state index contributed by atoms with van der Waals surface area (Å²) in [5.74, 6) is 1.03. The first-order chi connectivity index (χ1) is 11.2. The second-order valence-electron chi connectivity index (χ2n) is 6.04. The summed E-state index contributed by atoms with van der Waals surface area (Å²) in [4.78, 5) is 25.9. The Morgan fingerprint density at radius 3 is 3.04 bits per heavy atom. The number of fused-ring (bicyclic) bond motifs is 1. The smallest absolute Gasteiger partial charge is 0.250 e. The molecule has 4 rings (SSSR count). The normalized spacial score (nSPS) is 18.5. The zero-order valence-corrected chi connectivity index (χ0v) is 13.1. The Morgan fingerprint density at radius 1 is 1.30 bits per heavy atom. The summed E-state index contributed by atoms with van der Waals surface area (Å²) < 4.78 is 2.23. The van der Waals surface area contributed by atoms with Gasteiger partial charge in [0.15, 0.2) is 0 Å². The van der Waals surface area contributed by atoms with E-state index in [9.17, 15) is 4.79 Å². The number of nitrogens with one attached hydrogen (secondary N) is 1. The minimum atomic E-state index is -0.0820. The van der Waals surface area contributed by atoms with Crippen LogP contribution in [-0.4, -0.2) is 32.6 Å². The van der Waals surface area contributed by atoms with E-state index in [1.54, 1.807) is 12.3 Å². The Balaban J connectivity index is 1.73. The van der Waals surface area contributed by atoms with E-state index in [4.69, 9.17) is 0 Å². The van der Waals surface area contributed by atoms with Crippen LogP contribution in [0.2, 0.25) is 0 Å². The van der Waals surface area contributed by atoms with Crippen LogP contribution in [0.4, 0.5) is 5.69 Å². The summed E-state index contributed by atoms with van der Waals surface area (Å²) in [5.41, 5.74) is 2.49. The van der Waals surface area contributed by atoms with Crippen LogP contribution in [-0.2, 0) is 0 Å². The van der Waals surface area contributed by atoms with Crippen LogP contribution >= 0.6 is 0 Å². The van der Waals surface area contributed by atoms with Gasteiger partial charge in [0.1, 0.15) is 11.3 Å². The lowest BCUT2D eigenvalue weighted by Crippen LogP contribution is -2.37. The van der Waals surface area contributed by atoms with Gasteiger partial charge in [-0.05, 0) is 31.9 Å². The Bertz CT molecular complexity index is 897. The van der Waals surface area contributed by atoms with Gasteiger partial charge < -0.3 is 14.5 Å². The van der Waals surface area contributed by atoms with Gasteiger partial charge >= 0.3 is 0 Å². The maximum absolute atomic E-state index is 12.0. The Kier molecular flexibility index (Phi) is 3.37. The van der Waals surface area contributed by atoms with Crippen molar-refractivity contribution in [1.29, 1.82) is 0 Å². The van der Waals surface area contributed by atoms with Gasteiger partial charge in [-0.1, -0.05) is 0 Å². The molecule has 0 spiro atoms. The molecule has 0 radical (unpaired) electrons. The number of rotatable bonds is 2. The molecule has 1 fully saturated rings. The van der Waals surface area contributed by atoms with E-state index in [0.717, 1.165) is 48.5 Å². The summed E-state index contributed by atoms with van der Waals surface area (Å²) in [6, 6.07) is 5.78. The van der Waals surface area contributed by atoms with Crippen molar-refractivity contribution in [3.63, 3.8) is 0 Å². The molecular weight excluding hydrogens is 290 g/mol. The van der Waals surface area contributed by atoms with Gasteiger partial charge in [-0.15, -0.1) is 0 Å². The highest BCUT2D eigenvalue weighted by Crippen LogP contribution is 2.29. The average Bonchev–Trinajstić information content (AvgIpc) is 3.00. The number of nitrogens with zero attached hydrogens (tertiary/aromatic N) is 4. The molecule has 1 unspecified atom stereocenters. The fourth-order valence-electron chi connectivity index (χ4n) is 3.49. The monoisotopic (exact) mass is 309 g/mol. The lowest BCUT2D eigenvalue weighted by molar-refractivity contribution is 0.399. The third-order valence-electron chi connectivity index (χ3n) is 4.57. The van der Waals surface area contributed by atoms with Crippen molar-refractivity contribution < 1.29 is 0 Å². The van der Waals surface area contributed by atoms with E-state index in [0.29, 0.717) is 6.04 Å². The van der Waals surface area contributed by atoms with Crippen LogP contribution in [0, 0.1) is 6.92 Å². The molecule has 1 aliphatic heterocycles. The molecule has 0 bridgehead atoms. The molecule has 0 aromatic carbocycles.